The second-order valence-electron chi connectivity index (χ2n) is 5.18. The Labute approximate surface area is 119 Å². The number of fused-ring (bicyclic) bond motifs is 1. The zero-order chi connectivity index (χ0) is 14.4. The van der Waals surface area contributed by atoms with Crippen molar-refractivity contribution in [2.75, 3.05) is 0 Å². The average Bonchev–Trinajstić information content (AvgIpc) is 2.88. The minimum Gasteiger partial charge on any atom is -0.409 e. The van der Waals surface area contributed by atoms with Crippen molar-refractivity contribution in [3.8, 4) is 0 Å². The largest absolute Gasteiger partial charge is 0.409 e. The number of aryl methyl sites for hydroxylation is 1. The highest BCUT2D eigenvalue weighted by molar-refractivity contribution is 6.00. The topological polar surface area (TPSA) is 63.5 Å². The van der Waals surface area contributed by atoms with Crippen LogP contribution in [0.2, 0.25) is 0 Å². The molecular weight excluding hydrogens is 250 g/mol. The first-order valence-corrected chi connectivity index (χ1v) is 7.33. The van der Waals surface area contributed by atoms with E-state index in [2.05, 4.69) is 28.9 Å². The van der Waals surface area contributed by atoms with Crippen molar-refractivity contribution in [3.05, 3.63) is 36.0 Å². The van der Waals surface area contributed by atoms with E-state index in [1.807, 2.05) is 18.2 Å². The van der Waals surface area contributed by atoms with E-state index in [1.165, 1.54) is 37.5 Å². The summed E-state index contributed by atoms with van der Waals surface area (Å²) in [5, 5.41) is 13.0. The highest BCUT2D eigenvalue weighted by Crippen LogP contribution is 2.18. The molecule has 3 N–H and O–H groups in total. The molecule has 2 rings (SSSR count). The zero-order valence-corrected chi connectivity index (χ0v) is 12.0. The number of hydrogen-bond acceptors (Lipinski definition) is 2. The van der Waals surface area contributed by atoms with E-state index < -0.39 is 0 Å². The summed E-state index contributed by atoms with van der Waals surface area (Å²) < 4.78 is 2.25. The van der Waals surface area contributed by atoms with Crippen LogP contribution >= 0.6 is 0 Å². The molecule has 4 heteroatoms. The van der Waals surface area contributed by atoms with Gasteiger partial charge in [-0.3, -0.25) is 0 Å². The molecular formula is C16H23N3O. The summed E-state index contributed by atoms with van der Waals surface area (Å²) in [4.78, 5) is 0. The van der Waals surface area contributed by atoms with Gasteiger partial charge in [0.25, 0.3) is 0 Å². The summed E-state index contributed by atoms with van der Waals surface area (Å²) in [6.45, 7) is 3.25. The molecule has 0 unspecified atom stereocenters. The number of unbranched alkanes of at least 4 members (excludes halogenated alkanes) is 4. The maximum atomic E-state index is 8.76. The van der Waals surface area contributed by atoms with Crippen molar-refractivity contribution in [2.45, 2.75) is 45.6 Å². The molecule has 0 atom stereocenters. The molecule has 0 aliphatic rings. The zero-order valence-electron chi connectivity index (χ0n) is 12.0. The van der Waals surface area contributed by atoms with Gasteiger partial charge in [0.05, 0.1) is 0 Å². The summed E-state index contributed by atoms with van der Waals surface area (Å²) in [6.07, 6.45) is 8.48. The lowest BCUT2D eigenvalue weighted by Gasteiger charge is -2.06. The van der Waals surface area contributed by atoms with Crippen LogP contribution in [0, 0.1) is 0 Å². The van der Waals surface area contributed by atoms with E-state index in [9.17, 15) is 0 Å². The first-order valence-electron chi connectivity index (χ1n) is 7.33. The second-order valence-corrected chi connectivity index (χ2v) is 5.18. The van der Waals surface area contributed by atoms with Gasteiger partial charge in [0, 0.05) is 23.8 Å². The van der Waals surface area contributed by atoms with E-state index in [-0.39, 0.29) is 5.84 Å². The lowest BCUT2D eigenvalue weighted by molar-refractivity contribution is 0.318. The molecule has 0 saturated heterocycles. The van der Waals surface area contributed by atoms with Gasteiger partial charge in [0.2, 0.25) is 0 Å². The predicted octanol–water partition coefficient (Wildman–Crippen LogP) is 3.71. The van der Waals surface area contributed by atoms with E-state index in [0.29, 0.717) is 0 Å². The average molecular weight is 273 g/mol. The minimum absolute atomic E-state index is 0.155. The molecule has 0 saturated carbocycles. The monoisotopic (exact) mass is 273 g/mol. The smallest absolute Gasteiger partial charge is 0.170 e. The molecule has 1 heterocycles. The molecule has 0 bridgehead atoms. The Balaban J connectivity index is 2.09. The van der Waals surface area contributed by atoms with Crippen LogP contribution < -0.4 is 5.73 Å². The van der Waals surface area contributed by atoms with Gasteiger partial charge in [-0.15, -0.1) is 0 Å². The van der Waals surface area contributed by atoms with Crippen molar-refractivity contribution >= 4 is 16.7 Å². The predicted molar refractivity (Wildman–Crippen MR) is 83.2 cm³/mol. The second kappa shape index (κ2) is 6.98. The fraction of sp³-hybridized carbons (Fsp3) is 0.438. The van der Waals surface area contributed by atoms with Crippen LogP contribution in [0.3, 0.4) is 0 Å². The third-order valence-electron chi connectivity index (χ3n) is 3.68. The Morgan fingerprint density at radius 1 is 1.20 bits per heavy atom. The Morgan fingerprint density at radius 2 is 2.00 bits per heavy atom. The summed E-state index contributed by atoms with van der Waals surface area (Å²) in [5.41, 5.74) is 7.55. The number of benzene rings is 1. The Hall–Kier alpha value is -1.97. The maximum absolute atomic E-state index is 8.76. The summed E-state index contributed by atoms with van der Waals surface area (Å²) in [7, 11) is 0. The number of nitrogens with two attached hydrogens (primary N) is 1. The molecule has 108 valence electrons. The van der Waals surface area contributed by atoms with E-state index in [1.54, 1.807) is 0 Å². The highest BCUT2D eigenvalue weighted by atomic mass is 16.4. The molecule has 1 aromatic carbocycles. The number of amidine groups is 1. The molecule has 0 amide bonds. The molecule has 1 aromatic heterocycles. The summed E-state index contributed by atoms with van der Waals surface area (Å²) in [6, 6.07) is 7.98. The standard InChI is InChI=1S/C16H23N3O/c1-2-3-4-5-6-10-19-11-9-13-7-8-14(12-15(13)19)16(17)18-20/h7-9,11-12,20H,2-6,10H2,1H3,(H2,17,18). The van der Waals surface area contributed by atoms with Gasteiger partial charge >= 0.3 is 0 Å². The Morgan fingerprint density at radius 3 is 2.75 bits per heavy atom. The van der Waals surface area contributed by atoms with Gasteiger partial charge < -0.3 is 15.5 Å². The molecule has 4 nitrogen and oxygen atoms in total. The SMILES string of the molecule is CCCCCCCn1ccc2ccc(/C(N)=N/O)cc21. The number of rotatable bonds is 7. The normalized spacial score (nSPS) is 12.2. The van der Waals surface area contributed by atoms with Gasteiger partial charge in [0.1, 0.15) is 0 Å². The van der Waals surface area contributed by atoms with Gasteiger partial charge in [-0.1, -0.05) is 49.9 Å². The van der Waals surface area contributed by atoms with Crippen LogP contribution in [0.25, 0.3) is 10.9 Å². The Kier molecular flexibility index (Phi) is 5.04. The number of oxime groups is 1. The molecule has 20 heavy (non-hydrogen) atoms. The molecule has 0 radical (unpaired) electrons. The van der Waals surface area contributed by atoms with Crippen LogP contribution in [0.15, 0.2) is 35.6 Å². The van der Waals surface area contributed by atoms with Crippen LogP contribution in [-0.4, -0.2) is 15.6 Å². The van der Waals surface area contributed by atoms with Crippen LogP contribution in [0.5, 0.6) is 0 Å². The number of hydrogen-bond donors (Lipinski definition) is 2. The van der Waals surface area contributed by atoms with E-state index in [0.717, 1.165) is 17.6 Å². The van der Waals surface area contributed by atoms with Crippen molar-refractivity contribution in [3.63, 3.8) is 0 Å². The summed E-state index contributed by atoms with van der Waals surface area (Å²) in [5.74, 6) is 0.155. The molecule has 0 spiro atoms. The van der Waals surface area contributed by atoms with Crippen LogP contribution in [-0.2, 0) is 6.54 Å². The lowest BCUT2D eigenvalue weighted by atomic mass is 10.1. The van der Waals surface area contributed by atoms with Gasteiger partial charge in [-0.05, 0) is 23.9 Å². The van der Waals surface area contributed by atoms with Gasteiger partial charge in [0.15, 0.2) is 5.84 Å². The fourth-order valence-electron chi connectivity index (χ4n) is 2.48. The van der Waals surface area contributed by atoms with Crippen molar-refractivity contribution < 1.29 is 5.21 Å². The highest BCUT2D eigenvalue weighted by Gasteiger charge is 2.05. The molecule has 0 aliphatic carbocycles. The van der Waals surface area contributed by atoms with Gasteiger partial charge in [-0.25, -0.2) is 0 Å². The molecule has 0 fully saturated rings. The van der Waals surface area contributed by atoms with Crippen molar-refractivity contribution in [1.29, 1.82) is 0 Å². The minimum atomic E-state index is 0.155. The third kappa shape index (κ3) is 3.32. The number of aromatic nitrogens is 1. The third-order valence-corrected chi connectivity index (χ3v) is 3.68. The first kappa shape index (κ1) is 14.4. The van der Waals surface area contributed by atoms with E-state index >= 15 is 0 Å². The maximum Gasteiger partial charge on any atom is 0.170 e. The van der Waals surface area contributed by atoms with Crippen LogP contribution in [0.4, 0.5) is 0 Å². The van der Waals surface area contributed by atoms with Crippen molar-refractivity contribution in [2.24, 2.45) is 10.9 Å². The summed E-state index contributed by atoms with van der Waals surface area (Å²) >= 11 is 0. The van der Waals surface area contributed by atoms with E-state index in [4.69, 9.17) is 10.9 Å². The van der Waals surface area contributed by atoms with Crippen LogP contribution in [0.1, 0.15) is 44.6 Å². The van der Waals surface area contributed by atoms with Crippen molar-refractivity contribution in [1.82, 2.24) is 4.57 Å². The molecule has 0 aliphatic heterocycles. The molecule has 2 aromatic rings. The Bertz CT molecular complexity index is 586. The van der Waals surface area contributed by atoms with Gasteiger partial charge in [-0.2, -0.15) is 0 Å². The first-order chi connectivity index (χ1) is 9.76. The number of nitrogens with zero attached hydrogens (tertiary/aromatic N) is 2. The fourth-order valence-corrected chi connectivity index (χ4v) is 2.48. The quantitative estimate of drug-likeness (QED) is 0.265. The lowest BCUT2D eigenvalue weighted by Crippen LogP contribution is -2.12.